The molecule has 0 atom stereocenters. The second-order valence-corrected chi connectivity index (χ2v) is 9.06. The predicted molar refractivity (Wildman–Crippen MR) is 130 cm³/mol. The van der Waals surface area contributed by atoms with E-state index < -0.39 is 17.7 Å². The lowest BCUT2D eigenvalue weighted by molar-refractivity contribution is -0.131. The molecular formula is C26H28FN3O4. The molecule has 0 aliphatic carbocycles. The van der Waals surface area contributed by atoms with E-state index in [9.17, 15) is 19.1 Å². The van der Waals surface area contributed by atoms with Crippen molar-refractivity contribution in [2.45, 2.75) is 46.1 Å². The Balaban J connectivity index is 2.16. The molecule has 1 amide bonds. The van der Waals surface area contributed by atoms with Crippen molar-refractivity contribution in [3.8, 4) is 22.5 Å². The Hall–Kier alpha value is -3.94. The highest BCUT2D eigenvalue weighted by Gasteiger charge is 2.22. The Kier molecular flexibility index (Phi) is 7.20. The van der Waals surface area contributed by atoms with E-state index in [0.717, 1.165) is 6.08 Å². The summed E-state index contributed by atoms with van der Waals surface area (Å²) < 4.78 is 20.7. The maximum Gasteiger partial charge on any atom is 0.412 e. The van der Waals surface area contributed by atoms with E-state index in [-0.39, 0.29) is 11.7 Å². The molecule has 7 nitrogen and oxygen atoms in total. The average molecular weight is 466 g/mol. The first-order valence-electron chi connectivity index (χ1n) is 10.8. The number of hydrogen-bond acceptors (Lipinski definition) is 4. The van der Waals surface area contributed by atoms with E-state index in [1.807, 2.05) is 19.9 Å². The highest BCUT2D eigenvalue weighted by atomic mass is 19.1. The highest BCUT2D eigenvalue weighted by molar-refractivity contribution is 5.88. The fourth-order valence-corrected chi connectivity index (χ4v) is 3.40. The van der Waals surface area contributed by atoms with Crippen LogP contribution in [0, 0.1) is 5.82 Å². The molecule has 3 aromatic rings. The second-order valence-electron chi connectivity index (χ2n) is 9.06. The number of carbonyl (C=O) groups excluding carboxylic acids is 1. The van der Waals surface area contributed by atoms with Gasteiger partial charge in [0.15, 0.2) is 0 Å². The van der Waals surface area contributed by atoms with E-state index in [4.69, 9.17) is 9.72 Å². The lowest BCUT2D eigenvalue weighted by Gasteiger charge is -2.19. The van der Waals surface area contributed by atoms with Gasteiger partial charge in [-0.2, -0.15) is 0 Å². The molecule has 0 saturated heterocycles. The summed E-state index contributed by atoms with van der Waals surface area (Å²) in [6, 6.07) is 13.0. The van der Waals surface area contributed by atoms with Crippen LogP contribution in [0.15, 0.2) is 54.6 Å². The number of carboxylic acids is 1. The number of amides is 1. The number of ether oxygens (including phenoxy) is 1. The summed E-state index contributed by atoms with van der Waals surface area (Å²) in [6.07, 6.45) is 1.89. The Morgan fingerprint density at radius 3 is 2.38 bits per heavy atom. The van der Waals surface area contributed by atoms with E-state index in [1.54, 1.807) is 55.7 Å². The van der Waals surface area contributed by atoms with E-state index >= 15 is 0 Å². The molecule has 0 fully saturated rings. The first-order valence-corrected chi connectivity index (χ1v) is 10.8. The minimum atomic E-state index is -1.10. The number of hydrogen-bond donors (Lipinski definition) is 2. The molecule has 0 unspecified atom stereocenters. The number of nitrogens with one attached hydrogen (secondary N) is 1. The second kappa shape index (κ2) is 9.91. The summed E-state index contributed by atoms with van der Waals surface area (Å²) in [7, 11) is 0. The molecule has 0 aliphatic rings. The van der Waals surface area contributed by atoms with Crippen molar-refractivity contribution in [3.63, 3.8) is 0 Å². The van der Waals surface area contributed by atoms with Crippen molar-refractivity contribution in [2.24, 2.45) is 0 Å². The molecule has 0 saturated carbocycles. The largest absolute Gasteiger partial charge is 0.478 e. The summed E-state index contributed by atoms with van der Waals surface area (Å²) >= 11 is 0. The number of anilines is 1. The van der Waals surface area contributed by atoms with Gasteiger partial charge in [-0.15, -0.1) is 0 Å². The minimum Gasteiger partial charge on any atom is -0.478 e. The summed E-state index contributed by atoms with van der Waals surface area (Å²) in [6.45, 7) is 9.24. The maximum absolute atomic E-state index is 13.6. The number of rotatable bonds is 6. The summed E-state index contributed by atoms with van der Waals surface area (Å²) in [5.41, 5.74) is 2.40. The van der Waals surface area contributed by atoms with Crippen molar-refractivity contribution in [3.05, 3.63) is 66.2 Å². The van der Waals surface area contributed by atoms with Crippen molar-refractivity contribution >= 4 is 23.9 Å². The number of aliphatic carboxylic acids is 1. The molecule has 0 aliphatic heterocycles. The van der Waals surface area contributed by atoms with Gasteiger partial charge in [0.2, 0.25) is 0 Å². The molecular weight excluding hydrogens is 437 g/mol. The molecule has 8 heteroatoms. The fourth-order valence-electron chi connectivity index (χ4n) is 3.40. The van der Waals surface area contributed by atoms with Gasteiger partial charge in [0.25, 0.3) is 0 Å². The van der Waals surface area contributed by atoms with Crippen LogP contribution in [0.1, 0.15) is 46.4 Å². The average Bonchev–Trinajstić information content (AvgIpc) is 3.11. The molecule has 2 N–H and O–H groups in total. The van der Waals surface area contributed by atoms with Gasteiger partial charge in [-0.05, 0) is 57.2 Å². The zero-order chi connectivity index (χ0) is 25.0. The zero-order valence-corrected chi connectivity index (χ0v) is 19.8. The molecule has 0 spiro atoms. The van der Waals surface area contributed by atoms with E-state index in [1.165, 1.54) is 18.3 Å². The van der Waals surface area contributed by atoms with Crippen molar-refractivity contribution in [2.75, 3.05) is 5.32 Å². The number of nitrogens with zero attached hydrogens (tertiary/aromatic N) is 2. The van der Waals surface area contributed by atoms with Gasteiger partial charge in [-0.1, -0.05) is 26.0 Å². The summed E-state index contributed by atoms with van der Waals surface area (Å²) in [4.78, 5) is 28.3. The molecule has 0 bridgehead atoms. The monoisotopic (exact) mass is 465 g/mol. The molecule has 1 heterocycles. The maximum atomic E-state index is 13.6. The first kappa shape index (κ1) is 24.7. The van der Waals surface area contributed by atoms with Crippen LogP contribution in [0.3, 0.4) is 0 Å². The third kappa shape index (κ3) is 6.10. The molecule has 3 rings (SSSR count). The topological polar surface area (TPSA) is 93.5 Å². The molecule has 2 aromatic carbocycles. The SMILES string of the molecule is CC(C)c1nc(-c2cccc(NC(=O)OC(C)(C)C)c2)c(-c2ccc(F)cc2)n1C=CC(=O)O. The number of aromatic nitrogens is 2. The lowest BCUT2D eigenvalue weighted by Crippen LogP contribution is -2.27. The minimum absolute atomic E-state index is 0.0329. The Labute approximate surface area is 197 Å². The van der Waals surface area contributed by atoms with Crippen LogP contribution in [0.4, 0.5) is 14.9 Å². The number of halogens is 1. The van der Waals surface area contributed by atoms with Crippen LogP contribution in [-0.2, 0) is 9.53 Å². The highest BCUT2D eigenvalue weighted by Crippen LogP contribution is 2.36. The van der Waals surface area contributed by atoms with Crippen LogP contribution in [0.5, 0.6) is 0 Å². The number of carboxylic acid groups (broad SMARTS) is 1. The van der Waals surface area contributed by atoms with Gasteiger partial charge in [-0.3, -0.25) is 5.32 Å². The fraction of sp³-hybridized carbons (Fsp3) is 0.269. The standard InChI is InChI=1S/C26H28FN3O4/c1-16(2)24-29-22(18-7-6-8-20(15-18)28-25(33)34-26(3,4)5)23(30(24)14-13-21(31)32)17-9-11-19(27)12-10-17/h6-16H,1-5H3,(H,28,33)(H,31,32). The van der Waals surface area contributed by atoms with E-state index in [0.29, 0.717) is 34.0 Å². The third-order valence-electron chi connectivity index (χ3n) is 4.72. The van der Waals surface area contributed by atoms with Crippen LogP contribution in [0.2, 0.25) is 0 Å². The molecule has 1 aromatic heterocycles. The molecule has 34 heavy (non-hydrogen) atoms. The number of imidazole rings is 1. The Morgan fingerprint density at radius 2 is 1.79 bits per heavy atom. The number of benzene rings is 2. The third-order valence-corrected chi connectivity index (χ3v) is 4.72. The quantitative estimate of drug-likeness (QED) is 0.412. The normalized spacial score (nSPS) is 11.7. The van der Waals surface area contributed by atoms with Gasteiger partial charge >= 0.3 is 12.1 Å². The van der Waals surface area contributed by atoms with E-state index in [2.05, 4.69) is 5.32 Å². The van der Waals surface area contributed by atoms with Gasteiger partial charge < -0.3 is 14.4 Å². The molecule has 0 radical (unpaired) electrons. The van der Waals surface area contributed by atoms with Crippen LogP contribution in [0.25, 0.3) is 28.7 Å². The molecule has 178 valence electrons. The lowest BCUT2D eigenvalue weighted by atomic mass is 10.0. The van der Waals surface area contributed by atoms with Crippen molar-refractivity contribution in [1.82, 2.24) is 9.55 Å². The van der Waals surface area contributed by atoms with Crippen molar-refractivity contribution < 1.29 is 23.8 Å². The Bertz CT molecular complexity index is 1220. The zero-order valence-electron chi connectivity index (χ0n) is 19.8. The van der Waals surface area contributed by atoms with Gasteiger partial charge in [0.1, 0.15) is 17.2 Å². The Morgan fingerprint density at radius 1 is 1.12 bits per heavy atom. The predicted octanol–water partition coefficient (Wildman–Crippen LogP) is 6.38. The van der Waals surface area contributed by atoms with Gasteiger partial charge in [0, 0.05) is 35.0 Å². The van der Waals surface area contributed by atoms with Crippen LogP contribution < -0.4 is 5.32 Å². The summed E-state index contributed by atoms with van der Waals surface area (Å²) in [5, 5.41) is 11.9. The summed E-state index contributed by atoms with van der Waals surface area (Å²) in [5.74, 6) is -0.879. The van der Waals surface area contributed by atoms with Gasteiger partial charge in [-0.25, -0.2) is 19.0 Å². The number of carbonyl (C=O) groups is 2. The smallest absolute Gasteiger partial charge is 0.412 e. The van der Waals surface area contributed by atoms with Crippen LogP contribution >= 0.6 is 0 Å². The van der Waals surface area contributed by atoms with Crippen molar-refractivity contribution in [1.29, 1.82) is 0 Å². The van der Waals surface area contributed by atoms with Gasteiger partial charge in [0.05, 0.1) is 11.4 Å². The first-order chi connectivity index (χ1) is 15.9. The van der Waals surface area contributed by atoms with Crippen LogP contribution in [-0.4, -0.2) is 32.3 Å².